The van der Waals surface area contributed by atoms with Crippen molar-refractivity contribution in [1.29, 1.82) is 0 Å². The van der Waals surface area contributed by atoms with Crippen molar-refractivity contribution in [2.75, 3.05) is 13.1 Å². The highest BCUT2D eigenvalue weighted by Crippen LogP contribution is 2.20. The normalized spacial score (nSPS) is 18.2. The SMILES string of the molecule is CC(C)C(CC(=O)N1CC1)SN. The van der Waals surface area contributed by atoms with Crippen LogP contribution < -0.4 is 5.14 Å². The Kier molecular flexibility index (Phi) is 3.40. The number of rotatable bonds is 4. The highest BCUT2D eigenvalue weighted by atomic mass is 32.2. The minimum absolute atomic E-state index is 0.256. The summed E-state index contributed by atoms with van der Waals surface area (Å²) in [6.45, 7) is 6.08. The molecule has 0 aliphatic carbocycles. The number of amides is 1. The summed E-state index contributed by atoms with van der Waals surface area (Å²) in [5, 5.41) is 5.76. The van der Waals surface area contributed by atoms with Crippen LogP contribution in [0.1, 0.15) is 20.3 Å². The van der Waals surface area contributed by atoms with E-state index in [2.05, 4.69) is 13.8 Å². The lowest BCUT2D eigenvalue weighted by Gasteiger charge is -2.16. The topological polar surface area (TPSA) is 46.1 Å². The Balaban J connectivity index is 2.30. The average Bonchev–Trinajstić information content (AvgIpc) is 2.80. The minimum Gasteiger partial charge on any atom is -0.339 e. The van der Waals surface area contributed by atoms with Crippen LogP contribution in [0.25, 0.3) is 0 Å². The van der Waals surface area contributed by atoms with E-state index in [4.69, 9.17) is 5.14 Å². The third kappa shape index (κ3) is 2.68. The number of carbonyl (C=O) groups is 1. The molecule has 4 heteroatoms. The fourth-order valence-corrected chi connectivity index (χ4v) is 1.59. The largest absolute Gasteiger partial charge is 0.339 e. The fourth-order valence-electron chi connectivity index (χ4n) is 1.04. The maximum Gasteiger partial charge on any atom is 0.223 e. The zero-order chi connectivity index (χ0) is 9.14. The van der Waals surface area contributed by atoms with Crippen LogP contribution in [0, 0.1) is 5.92 Å². The van der Waals surface area contributed by atoms with Crippen molar-refractivity contribution in [3.8, 4) is 0 Å². The Labute approximate surface area is 77.8 Å². The highest BCUT2D eigenvalue weighted by molar-refractivity contribution is 7.97. The number of hydrogen-bond donors (Lipinski definition) is 1. The molecule has 0 spiro atoms. The van der Waals surface area contributed by atoms with Crippen LogP contribution in [0.15, 0.2) is 0 Å². The van der Waals surface area contributed by atoms with Gasteiger partial charge in [-0.3, -0.25) is 9.93 Å². The number of carbonyl (C=O) groups excluding carboxylic acids is 1. The molecule has 1 heterocycles. The van der Waals surface area contributed by atoms with Crippen LogP contribution in [0.3, 0.4) is 0 Å². The second kappa shape index (κ2) is 4.14. The van der Waals surface area contributed by atoms with Gasteiger partial charge in [0.1, 0.15) is 0 Å². The third-order valence-corrected chi connectivity index (χ3v) is 3.15. The second-order valence-corrected chi connectivity index (χ2v) is 4.38. The summed E-state index contributed by atoms with van der Waals surface area (Å²) in [5.41, 5.74) is 0. The van der Waals surface area contributed by atoms with Crippen molar-refractivity contribution < 1.29 is 4.79 Å². The van der Waals surface area contributed by atoms with E-state index >= 15 is 0 Å². The molecule has 1 aliphatic rings. The van der Waals surface area contributed by atoms with Crippen molar-refractivity contribution in [3.63, 3.8) is 0 Å². The van der Waals surface area contributed by atoms with Crippen molar-refractivity contribution >= 4 is 17.9 Å². The summed E-state index contributed by atoms with van der Waals surface area (Å²) >= 11 is 1.30. The lowest BCUT2D eigenvalue weighted by molar-refractivity contribution is -0.125. The van der Waals surface area contributed by atoms with Crippen LogP contribution in [0.2, 0.25) is 0 Å². The van der Waals surface area contributed by atoms with E-state index in [1.165, 1.54) is 11.9 Å². The molecular formula is C8H16N2OS. The van der Waals surface area contributed by atoms with Crippen molar-refractivity contribution in [3.05, 3.63) is 0 Å². The summed E-state index contributed by atoms with van der Waals surface area (Å²) in [4.78, 5) is 13.2. The monoisotopic (exact) mass is 188 g/mol. The molecule has 0 aromatic rings. The summed E-state index contributed by atoms with van der Waals surface area (Å²) in [6, 6.07) is 0. The van der Waals surface area contributed by atoms with Gasteiger partial charge in [0.15, 0.2) is 0 Å². The van der Waals surface area contributed by atoms with E-state index in [0.717, 1.165) is 13.1 Å². The number of hydrogen-bond acceptors (Lipinski definition) is 3. The fraction of sp³-hybridized carbons (Fsp3) is 0.875. The molecule has 3 nitrogen and oxygen atoms in total. The minimum atomic E-state index is 0.256. The molecule has 2 N–H and O–H groups in total. The van der Waals surface area contributed by atoms with Crippen LogP contribution in [0.4, 0.5) is 0 Å². The zero-order valence-corrected chi connectivity index (χ0v) is 8.43. The highest BCUT2D eigenvalue weighted by Gasteiger charge is 2.27. The molecule has 1 fully saturated rings. The summed E-state index contributed by atoms with van der Waals surface area (Å²) < 4.78 is 0. The zero-order valence-electron chi connectivity index (χ0n) is 7.62. The second-order valence-electron chi connectivity index (χ2n) is 3.50. The van der Waals surface area contributed by atoms with Gasteiger partial charge in [0.2, 0.25) is 5.91 Å². The van der Waals surface area contributed by atoms with Crippen molar-refractivity contribution in [2.24, 2.45) is 11.1 Å². The predicted octanol–water partition coefficient (Wildman–Crippen LogP) is 0.850. The number of nitrogens with zero attached hydrogens (tertiary/aromatic N) is 1. The molecule has 1 saturated heterocycles. The lowest BCUT2D eigenvalue weighted by atomic mass is 10.1. The van der Waals surface area contributed by atoms with Gasteiger partial charge in [0.25, 0.3) is 0 Å². The smallest absolute Gasteiger partial charge is 0.223 e. The molecule has 0 aromatic carbocycles. The molecule has 1 aliphatic heterocycles. The first-order chi connectivity index (χ1) is 5.65. The lowest BCUT2D eigenvalue weighted by Crippen LogP contribution is -2.22. The van der Waals surface area contributed by atoms with E-state index in [0.29, 0.717) is 12.3 Å². The van der Waals surface area contributed by atoms with E-state index in [1.807, 2.05) is 4.90 Å². The quantitative estimate of drug-likeness (QED) is 0.525. The first-order valence-electron chi connectivity index (χ1n) is 4.28. The molecule has 0 bridgehead atoms. The Hall–Kier alpha value is -0.220. The van der Waals surface area contributed by atoms with Gasteiger partial charge in [0, 0.05) is 24.8 Å². The molecular weight excluding hydrogens is 172 g/mol. The standard InChI is InChI=1S/C8H16N2OS/c1-6(2)7(12-9)5-8(11)10-3-4-10/h6-7H,3-5,9H2,1-2H3. The molecule has 0 aromatic heterocycles. The van der Waals surface area contributed by atoms with E-state index in [9.17, 15) is 4.79 Å². The third-order valence-electron chi connectivity index (χ3n) is 2.09. The van der Waals surface area contributed by atoms with Crippen molar-refractivity contribution in [1.82, 2.24) is 4.90 Å². The van der Waals surface area contributed by atoms with Crippen molar-refractivity contribution in [2.45, 2.75) is 25.5 Å². The predicted molar refractivity (Wildman–Crippen MR) is 51.6 cm³/mol. The maximum absolute atomic E-state index is 11.3. The Morgan fingerprint density at radius 3 is 2.50 bits per heavy atom. The van der Waals surface area contributed by atoms with Gasteiger partial charge < -0.3 is 4.90 Å². The van der Waals surface area contributed by atoms with Gasteiger partial charge in [-0.05, 0) is 5.92 Å². The van der Waals surface area contributed by atoms with E-state index < -0.39 is 0 Å². The van der Waals surface area contributed by atoms with Gasteiger partial charge >= 0.3 is 0 Å². The molecule has 1 unspecified atom stereocenters. The first kappa shape index (κ1) is 9.86. The van der Waals surface area contributed by atoms with Crippen LogP contribution >= 0.6 is 11.9 Å². The van der Waals surface area contributed by atoms with Gasteiger partial charge in [0.05, 0.1) is 0 Å². The summed E-state index contributed by atoms with van der Waals surface area (Å²) in [6.07, 6.45) is 0.596. The molecule has 0 radical (unpaired) electrons. The van der Waals surface area contributed by atoms with E-state index in [1.54, 1.807) is 0 Å². The van der Waals surface area contributed by atoms with E-state index in [-0.39, 0.29) is 11.2 Å². The summed E-state index contributed by atoms with van der Waals surface area (Å²) in [5.74, 6) is 0.732. The number of nitrogens with two attached hydrogens (primary N) is 1. The molecule has 12 heavy (non-hydrogen) atoms. The Bertz CT molecular complexity index is 168. The van der Waals surface area contributed by atoms with Gasteiger partial charge in [-0.2, -0.15) is 0 Å². The maximum atomic E-state index is 11.3. The molecule has 1 rings (SSSR count). The Morgan fingerprint density at radius 2 is 2.17 bits per heavy atom. The summed E-state index contributed by atoms with van der Waals surface area (Å²) in [7, 11) is 0. The van der Waals surface area contributed by atoms with Gasteiger partial charge in [-0.15, -0.1) is 0 Å². The molecule has 1 amide bonds. The first-order valence-corrected chi connectivity index (χ1v) is 5.22. The Morgan fingerprint density at radius 1 is 1.58 bits per heavy atom. The van der Waals surface area contributed by atoms with Crippen LogP contribution in [0.5, 0.6) is 0 Å². The van der Waals surface area contributed by atoms with Gasteiger partial charge in [-0.1, -0.05) is 25.8 Å². The molecule has 0 saturated carbocycles. The average molecular weight is 188 g/mol. The van der Waals surface area contributed by atoms with Crippen LogP contribution in [-0.2, 0) is 4.79 Å². The molecule has 70 valence electrons. The van der Waals surface area contributed by atoms with Gasteiger partial charge in [-0.25, -0.2) is 0 Å². The molecule has 1 atom stereocenters. The van der Waals surface area contributed by atoms with Crippen LogP contribution in [-0.4, -0.2) is 29.1 Å².